The SMILES string of the molecule is CCOC(=O)C[C@H]1CCN(C(=O)c2ccc(OC)cc2)C[C@@H]1CCN1CCC[C@H]1C(N)=O. The number of likely N-dealkylation sites (tertiary alicyclic amines) is 2. The molecule has 0 aliphatic carbocycles. The van der Waals surface area contributed by atoms with E-state index in [1.54, 1.807) is 31.4 Å². The quantitative estimate of drug-likeness (QED) is 0.584. The number of esters is 1. The van der Waals surface area contributed by atoms with Gasteiger partial charge in [-0.1, -0.05) is 0 Å². The summed E-state index contributed by atoms with van der Waals surface area (Å²) in [5.74, 6) is 0.554. The maximum atomic E-state index is 13.1. The molecule has 3 atom stereocenters. The number of carbonyl (C=O) groups excluding carboxylic acids is 3. The molecule has 2 heterocycles. The number of piperidine rings is 1. The summed E-state index contributed by atoms with van der Waals surface area (Å²) in [7, 11) is 1.60. The third kappa shape index (κ3) is 6.00. The van der Waals surface area contributed by atoms with Gasteiger partial charge in [-0.25, -0.2) is 0 Å². The first-order valence-corrected chi connectivity index (χ1v) is 11.5. The Hall–Kier alpha value is -2.61. The lowest BCUT2D eigenvalue weighted by Crippen LogP contribution is -2.46. The number of hydrogen-bond donors (Lipinski definition) is 1. The van der Waals surface area contributed by atoms with E-state index in [-0.39, 0.29) is 35.7 Å². The van der Waals surface area contributed by atoms with E-state index in [9.17, 15) is 14.4 Å². The molecular formula is C24H35N3O5. The molecule has 3 rings (SSSR count). The van der Waals surface area contributed by atoms with E-state index in [4.69, 9.17) is 15.2 Å². The first-order chi connectivity index (χ1) is 15.4. The Morgan fingerprint density at radius 1 is 1.09 bits per heavy atom. The zero-order valence-corrected chi connectivity index (χ0v) is 19.1. The summed E-state index contributed by atoms with van der Waals surface area (Å²) in [6.45, 7) is 4.97. The molecule has 2 aliphatic heterocycles. The minimum absolute atomic E-state index is 0.0107. The van der Waals surface area contributed by atoms with Crippen LogP contribution < -0.4 is 10.5 Å². The highest BCUT2D eigenvalue weighted by atomic mass is 16.5. The van der Waals surface area contributed by atoms with Crippen molar-refractivity contribution in [2.24, 2.45) is 17.6 Å². The number of carbonyl (C=O) groups is 3. The minimum atomic E-state index is -0.273. The summed E-state index contributed by atoms with van der Waals surface area (Å²) in [5, 5.41) is 0. The van der Waals surface area contributed by atoms with Crippen molar-refractivity contribution in [3.63, 3.8) is 0 Å². The molecule has 176 valence electrons. The average Bonchev–Trinajstić information content (AvgIpc) is 3.27. The van der Waals surface area contributed by atoms with Crippen LogP contribution in [0.2, 0.25) is 0 Å². The molecule has 2 saturated heterocycles. The van der Waals surface area contributed by atoms with Crippen LogP contribution in [-0.4, -0.2) is 73.5 Å². The van der Waals surface area contributed by atoms with E-state index >= 15 is 0 Å². The van der Waals surface area contributed by atoms with Gasteiger partial charge in [-0.2, -0.15) is 0 Å². The van der Waals surface area contributed by atoms with Gasteiger partial charge in [0, 0.05) is 25.1 Å². The third-order valence-electron chi connectivity index (χ3n) is 6.73. The summed E-state index contributed by atoms with van der Waals surface area (Å²) < 4.78 is 10.4. The number of amides is 2. The number of nitrogens with zero attached hydrogens (tertiary/aromatic N) is 2. The molecule has 2 fully saturated rings. The van der Waals surface area contributed by atoms with Crippen LogP contribution in [0.25, 0.3) is 0 Å². The van der Waals surface area contributed by atoms with Crippen molar-refractivity contribution in [2.75, 3.05) is 39.9 Å². The maximum absolute atomic E-state index is 13.1. The van der Waals surface area contributed by atoms with Crippen molar-refractivity contribution in [3.8, 4) is 5.75 Å². The van der Waals surface area contributed by atoms with Gasteiger partial charge < -0.3 is 20.1 Å². The van der Waals surface area contributed by atoms with Crippen LogP contribution in [0.4, 0.5) is 0 Å². The Morgan fingerprint density at radius 2 is 1.84 bits per heavy atom. The van der Waals surface area contributed by atoms with Gasteiger partial charge in [-0.05, 0) is 81.8 Å². The molecule has 1 aromatic carbocycles. The number of nitrogens with two attached hydrogens (primary N) is 1. The molecule has 0 unspecified atom stereocenters. The second-order valence-electron chi connectivity index (χ2n) is 8.68. The predicted octanol–water partition coefficient (Wildman–Crippen LogP) is 2.07. The number of ether oxygens (including phenoxy) is 2. The highest BCUT2D eigenvalue weighted by Gasteiger charge is 2.35. The van der Waals surface area contributed by atoms with Crippen molar-refractivity contribution in [1.82, 2.24) is 9.80 Å². The van der Waals surface area contributed by atoms with Crippen LogP contribution in [0, 0.1) is 11.8 Å². The largest absolute Gasteiger partial charge is 0.497 e. The maximum Gasteiger partial charge on any atom is 0.306 e. The van der Waals surface area contributed by atoms with Crippen LogP contribution in [0.3, 0.4) is 0 Å². The smallest absolute Gasteiger partial charge is 0.306 e. The predicted molar refractivity (Wildman–Crippen MR) is 120 cm³/mol. The molecule has 2 amide bonds. The second kappa shape index (κ2) is 11.3. The number of hydrogen-bond acceptors (Lipinski definition) is 6. The second-order valence-corrected chi connectivity index (χ2v) is 8.68. The zero-order valence-electron chi connectivity index (χ0n) is 19.1. The summed E-state index contributed by atoms with van der Waals surface area (Å²) >= 11 is 0. The van der Waals surface area contributed by atoms with E-state index in [0.29, 0.717) is 37.4 Å². The molecule has 8 nitrogen and oxygen atoms in total. The Labute approximate surface area is 190 Å². The standard InChI is InChI=1S/C24H35N3O5/c1-3-32-22(28)15-18-10-14-27(24(30)17-6-8-20(31-2)9-7-17)16-19(18)11-13-26-12-4-5-21(26)23(25)29/h6-9,18-19,21H,3-5,10-16H2,1-2H3,(H2,25,29)/t18-,19+,21+/m1/s1. The summed E-state index contributed by atoms with van der Waals surface area (Å²) in [5.41, 5.74) is 6.19. The molecule has 32 heavy (non-hydrogen) atoms. The lowest BCUT2D eigenvalue weighted by atomic mass is 9.80. The van der Waals surface area contributed by atoms with Gasteiger partial charge in [0.05, 0.1) is 19.8 Å². The van der Waals surface area contributed by atoms with Crippen molar-refractivity contribution < 1.29 is 23.9 Å². The lowest BCUT2D eigenvalue weighted by molar-refractivity contribution is -0.145. The van der Waals surface area contributed by atoms with E-state index in [1.165, 1.54) is 0 Å². The van der Waals surface area contributed by atoms with Crippen LogP contribution in [0.15, 0.2) is 24.3 Å². The molecular weight excluding hydrogens is 410 g/mol. The Morgan fingerprint density at radius 3 is 2.50 bits per heavy atom. The van der Waals surface area contributed by atoms with Crippen molar-refractivity contribution >= 4 is 17.8 Å². The van der Waals surface area contributed by atoms with Crippen LogP contribution >= 0.6 is 0 Å². The first kappa shape index (κ1) is 24.0. The summed E-state index contributed by atoms with van der Waals surface area (Å²) in [6, 6.07) is 6.93. The zero-order chi connectivity index (χ0) is 23.1. The highest BCUT2D eigenvalue weighted by molar-refractivity contribution is 5.94. The Bertz CT molecular complexity index is 797. The Balaban J connectivity index is 1.67. The number of primary amides is 1. The number of benzene rings is 1. The van der Waals surface area contributed by atoms with Gasteiger partial charge in [0.1, 0.15) is 5.75 Å². The average molecular weight is 446 g/mol. The van der Waals surface area contributed by atoms with Gasteiger partial charge in [0.25, 0.3) is 5.91 Å². The molecule has 0 bridgehead atoms. The minimum Gasteiger partial charge on any atom is -0.497 e. The molecule has 2 N–H and O–H groups in total. The van der Waals surface area contributed by atoms with E-state index in [2.05, 4.69) is 4.90 Å². The van der Waals surface area contributed by atoms with Crippen molar-refractivity contribution in [3.05, 3.63) is 29.8 Å². The fourth-order valence-corrected chi connectivity index (χ4v) is 4.96. The van der Waals surface area contributed by atoms with Crippen LogP contribution in [-0.2, 0) is 14.3 Å². The molecule has 1 aromatic rings. The normalized spacial score (nSPS) is 23.7. The van der Waals surface area contributed by atoms with Gasteiger partial charge >= 0.3 is 5.97 Å². The van der Waals surface area contributed by atoms with E-state index in [1.807, 2.05) is 11.8 Å². The van der Waals surface area contributed by atoms with Gasteiger partial charge in [-0.15, -0.1) is 0 Å². The third-order valence-corrected chi connectivity index (χ3v) is 6.73. The van der Waals surface area contributed by atoms with Gasteiger partial charge in [-0.3, -0.25) is 19.3 Å². The fourth-order valence-electron chi connectivity index (χ4n) is 4.96. The van der Waals surface area contributed by atoms with Crippen LogP contribution in [0.1, 0.15) is 49.4 Å². The summed E-state index contributed by atoms with van der Waals surface area (Å²) in [6.07, 6.45) is 3.69. The van der Waals surface area contributed by atoms with Crippen molar-refractivity contribution in [2.45, 2.75) is 45.1 Å². The molecule has 0 aromatic heterocycles. The molecule has 0 spiro atoms. The fraction of sp³-hybridized carbons (Fsp3) is 0.625. The number of rotatable bonds is 9. The van der Waals surface area contributed by atoms with Crippen LogP contribution in [0.5, 0.6) is 5.75 Å². The van der Waals surface area contributed by atoms with Gasteiger partial charge in [0.2, 0.25) is 5.91 Å². The molecule has 8 heteroatoms. The Kier molecular flexibility index (Phi) is 8.50. The number of methoxy groups -OCH3 is 1. The molecule has 2 aliphatic rings. The first-order valence-electron chi connectivity index (χ1n) is 11.5. The monoisotopic (exact) mass is 445 g/mol. The van der Waals surface area contributed by atoms with E-state index < -0.39 is 0 Å². The highest BCUT2D eigenvalue weighted by Crippen LogP contribution is 2.31. The molecule has 0 radical (unpaired) electrons. The van der Waals surface area contributed by atoms with Crippen molar-refractivity contribution in [1.29, 1.82) is 0 Å². The topological polar surface area (TPSA) is 102 Å². The summed E-state index contributed by atoms with van der Waals surface area (Å²) in [4.78, 5) is 41.0. The van der Waals surface area contributed by atoms with Gasteiger partial charge in [0.15, 0.2) is 0 Å². The van der Waals surface area contributed by atoms with E-state index in [0.717, 1.165) is 38.8 Å². The lowest BCUT2D eigenvalue weighted by Gasteiger charge is -2.39. The molecule has 0 saturated carbocycles.